The molecule has 1 aliphatic heterocycles. The molecule has 1 N–H and O–H groups in total. The summed E-state index contributed by atoms with van der Waals surface area (Å²) in [6, 6.07) is 0. The highest BCUT2D eigenvalue weighted by molar-refractivity contribution is 5.80. The summed E-state index contributed by atoms with van der Waals surface area (Å²) >= 11 is 0. The Morgan fingerprint density at radius 3 is 2.62 bits per heavy atom. The minimum atomic E-state index is -2.63. The van der Waals surface area contributed by atoms with E-state index in [-0.39, 0.29) is 18.5 Å². The van der Waals surface area contributed by atoms with Crippen LogP contribution in [0.15, 0.2) is 17.4 Å². The van der Waals surface area contributed by atoms with Crippen LogP contribution in [0.5, 0.6) is 0 Å². The van der Waals surface area contributed by atoms with Crippen LogP contribution in [-0.4, -0.2) is 71.2 Å². The first-order valence-electron chi connectivity index (χ1n) is 7.74. The van der Waals surface area contributed by atoms with Crippen LogP contribution in [0.25, 0.3) is 0 Å². The zero-order valence-electron chi connectivity index (χ0n) is 13.8. The van der Waals surface area contributed by atoms with Gasteiger partial charge in [0.05, 0.1) is 13.2 Å². The quantitative estimate of drug-likeness (QED) is 0.655. The van der Waals surface area contributed by atoms with E-state index in [1.807, 2.05) is 4.90 Å². The van der Waals surface area contributed by atoms with E-state index in [0.29, 0.717) is 38.7 Å². The fourth-order valence-corrected chi connectivity index (χ4v) is 2.46. The smallest absolute Gasteiger partial charge is 0.409 e. The first kappa shape index (κ1) is 18.0. The Hall–Kier alpha value is -2.39. The van der Waals surface area contributed by atoms with Crippen molar-refractivity contribution < 1.29 is 18.3 Å². The first-order valence-corrected chi connectivity index (χ1v) is 7.74. The van der Waals surface area contributed by atoms with Crippen molar-refractivity contribution >= 4 is 12.1 Å². The number of nitrogens with zero attached hydrogens (tertiary/aromatic N) is 5. The van der Waals surface area contributed by atoms with E-state index in [1.54, 1.807) is 18.9 Å². The number of carbonyl (C=O) groups excluding carboxylic acids is 1. The number of rotatable bonds is 4. The number of piperazine rings is 1. The van der Waals surface area contributed by atoms with Gasteiger partial charge in [-0.1, -0.05) is 0 Å². The fourth-order valence-electron chi connectivity index (χ4n) is 2.46. The van der Waals surface area contributed by atoms with Gasteiger partial charge in [-0.05, 0) is 6.92 Å². The molecule has 134 valence electrons. The first-order chi connectivity index (χ1) is 11.6. The minimum Gasteiger partial charge on any atom is -0.450 e. The molecule has 1 aliphatic rings. The lowest BCUT2D eigenvalue weighted by Gasteiger charge is -2.35. The lowest BCUT2D eigenvalue weighted by Crippen LogP contribution is -2.53. The van der Waals surface area contributed by atoms with Crippen molar-refractivity contribution in [1.29, 1.82) is 0 Å². The Morgan fingerprint density at radius 1 is 1.38 bits per heavy atom. The highest BCUT2D eigenvalue weighted by Crippen LogP contribution is 2.12. The molecule has 0 radical (unpaired) electrons. The molecule has 8 nitrogen and oxygen atoms in total. The number of hydrogen-bond donors (Lipinski definition) is 1. The fraction of sp³-hybridized carbons (Fsp3) is 0.643. The van der Waals surface area contributed by atoms with Gasteiger partial charge in [-0.15, -0.1) is 0 Å². The number of nitrogens with one attached hydrogen (secondary N) is 1. The van der Waals surface area contributed by atoms with E-state index in [1.165, 1.54) is 12.4 Å². The van der Waals surface area contributed by atoms with E-state index < -0.39 is 6.55 Å². The zero-order valence-corrected chi connectivity index (χ0v) is 13.8. The van der Waals surface area contributed by atoms with E-state index in [0.717, 1.165) is 4.57 Å². The maximum atomic E-state index is 12.8. The second-order valence-electron chi connectivity index (χ2n) is 5.10. The maximum Gasteiger partial charge on any atom is 0.409 e. The highest BCUT2D eigenvalue weighted by atomic mass is 19.3. The van der Waals surface area contributed by atoms with Gasteiger partial charge in [-0.2, -0.15) is 8.78 Å². The van der Waals surface area contributed by atoms with Gasteiger partial charge >= 0.3 is 12.6 Å². The SMILES string of the molecule is CCOC(=O)N1CCN(C(=NC)NCc2nccn2C(F)F)CC1. The van der Waals surface area contributed by atoms with Gasteiger partial charge in [0.25, 0.3) is 0 Å². The molecule has 0 atom stereocenters. The van der Waals surface area contributed by atoms with E-state index in [4.69, 9.17) is 4.74 Å². The van der Waals surface area contributed by atoms with Crippen molar-refractivity contribution in [2.45, 2.75) is 20.0 Å². The molecule has 0 unspecified atom stereocenters. The Bertz CT molecular complexity index is 569. The van der Waals surface area contributed by atoms with Gasteiger partial charge in [0.1, 0.15) is 5.82 Å². The molecule has 24 heavy (non-hydrogen) atoms. The lowest BCUT2D eigenvalue weighted by atomic mass is 10.3. The summed E-state index contributed by atoms with van der Waals surface area (Å²) in [4.78, 5) is 23.4. The number of carbonyl (C=O) groups is 1. The van der Waals surface area contributed by atoms with Crippen LogP contribution >= 0.6 is 0 Å². The average molecular weight is 344 g/mol. The molecule has 1 saturated heterocycles. The number of imidazole rings is 1. The molecular formula is C14H22F2N6O2. The molecule has 2 heterocycles. The number of ether oxygens (including phenoxy) is 1. The molecule has 0 bridgehead atoms. The molecule has 1 amide bonds. The van der Waals surface area contributed by atoms with Crippen LogP contribution in [0.4, 0.5) is 13.6 Å². The Morgan fingerprint density at radius 2 is 2.04 bits per heavy atom. The molecule has 0 aromatic carbocycles. The van der Waals surface area contributed by atoms with Gasteiger partial charge in [-0.25, -0.2) is 9.78 Å². The topological polar surface area (TPSA) is 75.0 Å². The van der Waals surface area contributed by atoms with Crippen LogP contribution in [0.2, 0.25) is 0 Å². The largest absolute Gasteiger partial charge is 0.450 e. The molecule has 0 aliphatic carbocycles. The van der Waals surface area contributed by atoms with E-state index in [2.05, 4.69) is 15.3 Å². The van der Waals surface area contributed by atoms with Crippen molar-refractivity contribution in [2.24, 2.45) is 4.99 Å². The van der Waals surface area contributed by atoms with Crippen LogP contribution in [0.3, 0.4) is 0 Å². The summed E-state index contributed by atoms with van der Waals surface area (Å²) in [5, 5.41) is 3.03. The Balaban J connectivity index is 1.87. The number of amides is 1. The van der Waals surface area contributed by atoms with Crippen LogP contribution < -0.4 is 5.32 Å². The second kappa shape index (κ2) is 8.46. The number of guanidine groups is 1. The predicted molar refractivity (Wildman–Crippen MR) is 83.8 cm³/mol. The van der Waals surface area contributed by atoms with Crippen LogP contribution in [-0.2, 0) is 11.3 Å². The van der Waals surface area contributed by atoms with Crippen LogP contribution in [0.1, 0.15) is 19.3 Å². The molecule has 1 fully saturated rings. The maximum absolute atomic E-state index is 12.8. The summed E-state index contributed by atoms with van der Waals surface area (Å²) in [5.41, 5.74) is 0. The zero-order chi connectivity index (χ0) is 17.5. The van der Waals surface area contributed by atoms with Crippen molar-refractivity contribution in [1.82, 2.24) is 24.7 Å². The minimum absolute atomic E-state index is 0.141. The molecular weight excluding hydrogens is 322 g/mol. The number of halogens is 2. The molecule has 10 heteroatoms. The Kier molecular flexibility index (Phi) is 6.33. The van der Waals surface area contributed by atoms with Crippen molar-refractivity contribution in [3.05, 3.63) is 18.2 Å². The molecule has 0 spiro atoms. The monoisotopic (exact) mass is 344 g/mol. The van der Waals surface area contributed by atoms with Crippen LogP contribution in [0, 0.1) is 0 Å². The molecule has 1 aromatic heterocycles. The number of aromatic nitrogens is 2. The average Bonchev–Trinajstić information content (AvgIpc) is 3.05. The summed E-state index contributed by atoms with van der Waals surface area (Å²) < 4.78 is 31.4. The van der Waals surface area contributed by atoms with Gasteiger partial charge in [-0.3, -0.25) is 9.56 Å². The summed E-state index contributed by atoms with van der Waals surface area (Å²) in [5.74, 6) is 0.818. The third-order valence-corrected chi connectivity index (χ3v) is 3.68. The number of aliphatic imine (C=N–C) groups is 1. The van der Waals surface area contributed by atoms with Crippen molar-refractivity contribution in [3.63, 3.8) is 0 Å². The number of alkyl halides is 2. The van der Waals surface area contributed by atoms with E-state index in [9.17, 15) is 13.6 Å². The lowest BCUT2D eigenvalue weighted by molar-refractivity contribution is 0.0668. The van der Waals surface area contributed by atoms with Gasteiger partial charge in [0.15, 0.2) is 5.96 Å². The van der Waals surface area contributed by atoms with Gasteiger partial charge in [0, 0.05) is 45.6 Å². The predicted octanol–water partition coefficient (Wildman–Crippen LogP) is 1.13. The third kappa shape index (κ3) is 4.33. The number of hydrogen-bond acceptors (Lipinski definition) is 4. The van der Waals surface area contributed by atoms with Crippen molar-refractivity contribution in [2.75, 3.05) is 39.8 Å². The van der Waals surface area contributed by atoms with Crippen molar-refractivity contribution in [3.8, 4) is 0 Å². The summed E-state index contributed by atoms with van der Waals surface area (Å²) in [7, 11) is 1.62. The normalized spacial score (nSPS) is 15.8. The molecule has 0 saturated carbocycles. The highest BCUT2D eigenvalue weighted by Gasteiger charge is 2.24. The molecule has 2 rings (SSSR count). The Labute approximate surface area is 139 Å². The summed E-state index contributed by atoms with van der Waals surface area (Å²) in [6.45, 7) is 1.84. The third-order valence-electron chi connectivity index (χ3n) is 3.68. The van der Waals surface area contributed by atoms with Gasteiger partial charge < -0.3 is 19.9 Å². The molecule has 1 aromatic rings. The standard InChI is InChI=1S/C14H22F2N6O2/c1-3-24-14(23)21-8-6-20(7-9-21)13(17-2)19-10-11-18-4-5-22(11)12(15)16/h4-5,12H,3,6-10H2,1-2H3,(H,17,19). The summed E-state index contributed by atoms with van der Waals surface area (Å²) in [6.07, 6.45) is 2.26. The second-order valence-corrected chi connectivity index (χ2v) is 5.10. The van der Waals surface area contributed by atoms with Gasteiger partial charge in [0.2, 0.25) is 0 Å². The van der Waals surface area contributed by atoms with E-state index >= 15 is 0 Å².